The highest BCUT2D eigenvalue weighted by Crippen LogP contribution is 2.34. The highest BCUT2D eigenvalue weighted by atomic mass is 19.3. The number of fused-ring (bicyclic) bond motifs is 2. The van der Waals surface area contributed by atoms with Crippen molar-refractivity contribution in [2.75, 3.05) is 31.1 Å². The van der Waals surface area contributed by atoms with E-state index in [2.05, 4.69) is 20.6 Å². The highest BCUT2D eigenvalue weighted by molar-refractivity contribution is 5.82. The van der Waals surface area contributed by atoms with Crippen molar-refractivity contribution in [1.82, 2.24) is 25.2 Å². The van der Waals surface area contributed by atoms with E-state index in [0.717, 1.165) is 43.1 Å². The van der Waals surface area contributed by atoms with E-state index in [1.54, 1.807) is 6.20 Å². The van der Waals surface area contributed by atoms with Crippen LogP contribution in [-0.4, -0.2) is 58.6 Å². The summed E-state index contributed by atoms with van der Waals surface area (Å²) in [6, 6.07) is 1.78. The van der Waals surface area contributed by atoms with Crippen LogP contribution in [0.5, 0.6) is 0 Å². The smallest absolute Gasteiger partial charge is 0.248 e. The summed E-state index contributed by atoms with van der Waals surface area (Å²) in [5.41, 5.74) is 3.14. The molecule has 0 spiro atoms. The lowest BCUT2D eigenvalue weighted by Crippen LogP contribution is -2.56. The van der Waals surface area contributed by atoms with E-state index in [-0.39, 0.29) is 30.7 Å². The Kier molecular flexibility index (Phi) is 4.64. The number of hydrogen-bond acceptors (Lipinski definition) is 5. The molecule has 1 amide bonds. The molecule has 9 heteroatoms. The third-order valence-corrected chi connectivity index (χ3v) is 6.40. The molecule has 3 aliphatic rings. The van der Waals surface area contributed by atoms with Crippen LogP contribution < -0.4 is 15.5 Å². The minimum atomic E-state index is -2.57. The molecule has 2 aromatic rings. The fourth-order valence-corrected chi connectivity index (χ4v) is 4.66. The molecule has 2 aromatic heterocycles. The van der Waals surface area contributed by atoms with Gasteiger partial charge in [-0.2, -0.15) is 9.61 Å². The van der Waals surface area contributed by atoms with Gasteiger partial charge in [0.1, 0.15) is 5.82 Å². The van der Waals surface area contributed by atoms with Crippen LogP contribution in [0, 0.1) is 5.92 Å². The summed E-state index contributed by atoms with van der Waals surface area (Å²) in [7, 11) is 0. The largest absolute Gasteiger partial charge is 0.354 e. The molecule has 0 unspecified atom stereocenters. The third-order valence-electron chi connectivity index (χ3n) is 6.40. The predicted molar refractivity (Wildman–Crippen MR) is 104 cm³/mol. The molecule has 0 bridgehead atoms. The molecule has 2 aliphatic heterocycles. The Labute approximate surface area is 167 Å². The number of nitrogens with one attached hydrogen (secondary N) is 2. The molecule has 7 nitrogen and oxygen atoms in total. The van der Waals surface area contributed by atoms with Crippen molar-refractivity contribution < 1.29 is 13.6 Å². The molecule has 0 radical (unpaired) electrons. The molecule has 29 heavy (non-hydrogen) atoms. The minimum absolute atomic E-state index is 0.0185. The van der Waals surface area contributed by atoms with Crippen molar-refractivity contribution in [1.29, 1.82) is 0 Å². The first-order valence-electron chi connectivity index (χ1n) is 10.5. The molecule has 2 N–H and O–H groups in total. The Balaban J connectivity index is 1.28. The molecule has 1 aliphatic carbocycles. The van der Waals surface area contributed by atoms with Crippen molar-refractivity contribution in [3.8, 4) is 0 Å². The Morgan fingerprint density at radius 1 is 1.21 bits per heavy atom. The summed E-state index contributed by atoms with van der Waals surface area (Å²) >= 11 is 0. The zero-order valence-electron chi connectivity index (χ0n) is 16.3. The number of amides is 1. The standard InChI is InChI=1S/C20H26F2N6O/c21-20(22)6-1-14(2-7-20)25-18(29)13-11-27(12-13)19-15-3-8-23-9-4-16(15)26-17-5-10-24-28(17)19/h5,10,13-14,23H,1-4,6-9,11-12H2,(H,25,29). The molecule has 0 atom stereocenters. The topological polar surface area (TPSA) is 74.6 Å². The zero-order chi connectivity index (χ0) is 20.0. The summed E-state index contributed by atoms with van der Waals surface area (Å²) < 4.78 is 28.5. The quantitative estimate of drug-likeness (QED) is 0.812. The van der Waals surface area contributed by atoms with Crippen LogP contribution in [-0.2, 0) is 17.6 Å². The number of anilines is 1. The number of nitrogens with zero attached hydrogens (tertiary/aromatic N) is 4. The molecule has 1 saturated heterocycles. The van der Waals surface area contributed by atoms with E-state index in [1.165, 1.54) is 5.56 Å². The van der Waals surface area contributed by atoms with Crippen molar-refractivity contribution in [2.24, 2.45) is 5.92 Å². The number of carbonyl (C=O) groups is 1. The van der Waals surface area contributed by atoms with Crippen LogP contribution in [0.2, 0.25) is 0 Å². The van der Waals surface area contributed by atoms with E-state index in [1.807, 2.05) is 10.6 Å². The van der Waals surface area contributed by atoms with Crippen LogP contribution >= 0.6 is 0 Å². The van der Waals surface area contributed by atoms with Gasteiger partial charge >= 0.3 is 0 Å². The van der Waals surface area contributed by atoms with Crippen LogP contribution in [0.4, 0.5) is 14.6 Å². The van der Waals surface area contributed by atoms with E-state index in [4.69, 9.17) is 4.98 Å². The molecule has 2 fully saturated rings. The summed E-state index contributed by atoms with van der Waals surface area (Å²) in [4.78, 5) is 19.6. The fraction of sp³-hybridized carbons (Fsp3) is 0.650. The lowest BCUT2D eigenvalue weighted by molar-refractivity contribution is -0.127. The van der Waals surface area contributed by atoms with Gasteiger partial charge in [0.2, 0.25) is 11.8 Å². The lowest BCUT2D eigenvalue weighted by Gasteiger charge is -2.41. The van der Waals surface area contributed by atoms with Gasteiger partial charge in [0, 0.05) is 56.6 Å². The van der Waals surface area contributed by atoms with Gasteiger partial charge in [-0.05, 0) is 25.8 Å². The second-order valence-electron chi connectivity index (χ2n) is 8.45. The summed E-state index contributed by atoms with van der Waals surface area (Å²) in [6.07, 6.45) is 3.96. The van der Waals surface area contributed by atoms with E-state index < -0.39 is 5.92 Å². The van der Waals surface area contributed by atoms with Gasteiger partial charge < -0.3 is 15.5 Å². The maximum Gasteiger partial charge on any atom is 0.248 e. The number of hydrogen-bond donors (Lipinski definition) is 2. The van der Waals surface area contributed by atoms with Gasteiger partial charge in [-0.25, -0.2) is 13.8 Å². The van der Waals surface area contributed by atoms with Gasteiger partial charge in [-0.3, -0.25) is 4.79 Å². The molecule has 5 rings (SSSR count). The first-order valence-corrected chi connectivity index (χ1v) is 10.5. The van der Waals surface area contributed by atoms with E-state index >= 15 is 0 Å². The van der Waals surface area contributed by atoms with Gasteiger partial charge in [-0.1, -0.05) is 0 Å². The van der Waals surface area contributed by atoms with Crippen molar-refractivity contribution in [2.45, 2.75) is 50.5 Å². The molecule has 156 valence electrons. The lowest BCUT2D eigenvalue weighted by atomic mass is 9.91. The number of halogens is 2. The molecular formula is C20H26F2N6O. The summed E-state index contributed by atoms with van der Waals surface area (Å²) in [5.74, 6) is -1.66. The normalized spacial score (nSPS) is 22.8. The molecular weight excluding hydrogens is 378 g/mol. The number of alkyl halides is 2. The monoisotopic (exact) mass is 404 g/mol. The molecule has 4 heterocycles. The second-order valence-corrected chi connectivity index (χ2v) is 8.45. The summed E-state index contributed by atoms with van der Waals surface area (Å²) in [5, 5.41) is 10.9. The average molecular weight is 404 g/mol. The van der Waals surface area contributed by atoms with E-state index in [9.17, 15) is 13.6 Å². The predicted octanol–water partition coefficient (Wildman–Crippen LogP) is 1.55. The number of aromatic nitrogens is 3. The maximum atomic E-state index is 13.3. The SMILES string of the molecule is O=C(NC1CCC(F)(F)CC1)C1CN(c2c3c(nc4ccnn24)CCNCC3)C1. The van der Waals surface area contributed by atoms with Gasteiger partial charge in [-0.15, -0.1) is 0 Å². The first-order chi connectivity index (χ1) is 14.0. The van der Waals surface area contributed by atoms with E-state index in [0.29, 0.717) is 25.9 Å². The van der Waals surface area contributed by atoms with Crippen LogP contribution in [0.15, 0.2) is 12.3 Å². The highest BCUT2D eigenvalue weighted by Gasteiger charge is 2.39. The Bertz CT molecular complexity index is 913. The number of rotatable bonds is 3. The van der Waals surface area contributed by atoms with Crippen LogP contribution in [0.3, 0.4) is 0 Å². The second kappa shape index (κ2) is 7.19. The van der Waals surface area contributed by atoms with Gasteiger partial charge in [0.05, 0.1) is 17.8 Å². The van der Waals surface area contributed by atoms with Crippen LogP contribution in [0.25, 0.3) is 5.65 Å². The van der Waals surface area contributed by atoms with Crippen molar-refractivity contribution in [3.63, 3.8) is 0 Å². The Hall–Kier alpha value is -2.29. The van der Waals surface area contributed by atoms with Crippen molar-refractivity contribution in [3.05, 3.63) is 23.5 Å². The van der Waals surface area contributed by atoms with Gasteiger partial charge in [0.15, 0.2) is 5.65 Å². The fourth-order valence-electron chi connectivity index (χ4n) is 4.66. The first kappa shape index (κ1) is 18.7. The Morgan fingerprint density at radius 3 is 2.76 bits per heavy atom. The Morgan fingerprint density at radius 2 is 1.97 bits per heavy atom. The minimum Gasteiger partial charge on any atom is -0.354 e. The third kappa shape index (κ3) is 3.56. The number of carbonyl (C=O) groups excluding carboxylic acids is 1. The molecule has 0 aromatic carbocycles. The van der Waals surface area contributed by atoms with Crippen LogP contribution in [0.1, 0.15) is 36.9 Å². The van der Waals surface area contributed by atoms with Crippen molar-refractivity contribution >= 4 is 17.4 Å². The maximum absolute atomic E-state index is 13.3. The zero-order valence-corrected chi connectivity index (χ0v) is 16.3. The summed E-state index contributed by atoms with van der Waals surface area (Å²) in [6.45, 7) is 3.05. The van der Waals surface area contributed by atoms with Gasteiger partial charge in [0.25, 0.3) is 0 Å². The molecule has 1 saturated carbocycles. The average Bonchev–Trinajstić information content (AvgIpc) is 2.98.